The van der Waals surface area contributed by atoms with Crippen molar-refractivity contribution in [3.63, 3.8) is 0 Å². The summed E-state index contributed by atoms with van der Waals surface area (Å²) in [7, 11) is 0. The first-order chi connectivity index (χ1) is 7.11. The molecule has 0 aliphatic carbocycles. The van der Waals surface area contributed by atoms with Crippen molar-refractivity contribution in [2.24, 2.45) is 11.7 Å². The minimum Gasteiger partial charge on any atom is -0.508 e. The van der Waals surface area contributed by atoms with Gasteiger partial charge in [-0.2, -0.15) is 0 Å². The summed E-state index contributed by atoms with van der Waals surface area (Å²) < 4.78 is 0. The molecule has 0 bridgehead atoms. The second-order valence-electron chi connectivity index (χ2n) is 3.64. The van der Waals surface area contributed by atoms with Crippen LogP contribution in [0.5, 0.6) is 5.75 Å². The van der Waals surface area contributed by atoms with Crippen molar-refractivity contribution in [1.82, 2.24) is 0 Å². The molecular weight excluding hydrogens is 192 g/mol. The number of carbonyl (C=O) groups excluding carboxylic acids is 1. The summed E-state index contributed by atoms with van der Waals surface area (Å²) in [5.74, 6) is 0.223. The van der Waals surface area contributed by atoms with Crippen LogP contribution in [-0.2, 0) is 4.79 Å². The minimum atomic E-state index is -0.0847. The fourth-order valence-corrected chi connectivity index (χ4v) is 1.20. The summed E-state index contributed by atoms with van der Waals surface area (Å²) in [4.78, 5) is 11.4. The predicted octanol–water partition coefficient (Wildman–Crippen LogP) is 1.32. The topological polar surface area (TPSA) is 75.4 Å². The quantitative estimate of drug-likeness (QED) is 0.698. The van der Waals surface area contributed by atoms with Gasteiger partial charge in [0.25, 0.3) is 0 Å². The van der Waals surface area contributed by atoms with Crippen LogP contribution in [0.25, 0.3) is 0 Å². The first-order valence-corrected chi connectivity index (χ1v) is 4.90. The van der Waals surface area contributed by atoms with Crippen LogP contribution in [0.1, 0.15) is 13.3 Å². The molecule has 0 spiro atoms. The van der Waals surface area contributed by atoms with Crippen LogP contribution in [0.4, 0.5) is 5.69 Å². The van der Waals surface area contributed by atoms with Crippen molar-refractivity contribution in [2.45, 2.75) is 13.3 Å². The fourth-order valence-electron chi connectivity index (χ4n) is 1.20. The molecule has 1 rings (SSSR count). The largest absolute Gasteiger partial charge is 0.508 e. The van der Waals surface area contributed by atoms with Crippen molar-refractivity contribution >= 4 is 11.6 Å². The third kappa shape index (κ3) is 3.99. The van der Waals surface area contributed by atoms with Crippen LogP contribution < -0.4 is 11.1 Å². The number of benzene rings is 1. The van der Waals surface area contributed by atoms with E-state index in [2.05, 4.69) is 5.32 Å². The maximum absolute atomic E-state index is 11.4. The molecule has 1 aromatic rings. The first kappa shape index (κ1) is 11.5. The molecule has 0 aliphatic rings. The average Bonchev–Trinajstić information content (AvgIpc) is 2.17. The Morgan fingerprint density at radius 3 is 2.93 bits per heavy atom. The lowest BCUT2D eigenvalue weighted by Gasteiger charge is -2.09. The molecular formula is C11H16N2O2. The molecule has 82 valence electrons. The van der Waals surface area contributed by atoms with E-state index in [-0.39, 0.29) is 17.6 Å². The molecule has 0 saturated carbocycles. The summed E-state index contributed by atoms with van der Waals surface area (Å²) in [5.41, 5.74) is 6.02. The Balaban J connectivity index is 2.51. The lowest BCUT2D eigenvalue weighted by molar-refractivity contribution is -0.116. The van der Waals surface area contributed by atoms with Crippen molar-refractivity contribution in [1.29, 1.82) is 0 Å². The van der Waals surface area contributed by atoms with E-state index in [4.69, 9.17) is 5.73 Å². The zero-order valence-electron chi connectivity index (χ0n) is 8.73. The van der Waals surface area contributed by atoms with Gasteiger partial charge in [0, 0.05) is 18.2 Å². The van der Waals surface area contributed by atoms with E-state index >= 15 is 0 Å². The molecule has 4 heteroatoms. The molecule has 0 heterocycles. The number of amides is 1. The van der Waals surface area contributed by atoms with Crippen molar-refractivity contribution in [2.75, 3.05) is 11.9 Å². The first-order valence-electron chi connectivity index (χ1n) is 4.90. The Bertz CT molecular complexity index is 339. The van der Waals surface area contributed by atoms with Crippen LogP contribution in [0, 0.1) is 5.92 Å². The van der Waals surface area contributed by atoms with Crippen molar-refractivity contribution in [3.8, 4) is 5.75 Å². The van der Waals surface area contributed by atoms with Crippen LogP contribution in [-0.4, -0.2) is 17.6 Å². The Morgan fingerprint density at radius 2 is 2.33 bits per heavy atom. The molecule has 0 aliphatic heterocycles. The Labute approximate surface area is 89.1 Å². The van der Waals surface area contributed by atoms with E-state index in [1.165, 1.54) is 6.07 Å². The molecule has 0 aromatic heterocycles. The molecule has 15 heavy (non-hydrogen) atoms. The van der Waals surface area contributed by atoms with Crippen molar-refractivity contribution in [3.05, 3.63) is 24.3 Å². The molecule has 0 radical (unpaired) electrons. The monoisotopic (exact) mass is 208 g/mol. The van der Waals surface area contributed by atoms with Gasteiger partial charge in [-0.15, -0.1) is 0 Å². The summed E-state index contributed by atoms with van der Waals surface area (Å²) in [6.45, 7) is 2.41. The average molecular weight is 208 g/mol. The number of hydrogen-bond acceptors (Lipinski definition) is 3. The van der Waals surface area contributed by atoms with E-state index in [9.17, 15) is 9.90 Å². The van der Waals surface area contributed by atoms with Gasteiger partial charge in [0.2, 0.25) is 5.91 Å². The van der Waals surface area contributed by atoms with E-state index in [1.807, 2.05) is 6.92 Å². The Kier molecular flexibility index (Phi) is 4.12. The fraction of sp³-hybridized carbons (Fsp3) is 0.364. The normalized spacial score (nSPS) is 12.1. The molecule has 0 saturated heterocycles. The highest BCUT2D eigenvalue weighted by Gasteiger charge is 2.07. The summed E-state index contributed by atoms with van der Waals surface area (Å²) in [5, 5.41) is 11.9. The second-order valence-corrected chi connectivity index (χ2v) is 3.64. The Hall–Kier alpha value is -1.55. The molecule has 0 fully saturated rings. The van der Waals surface area contributed by atoms with Gasteiger partial charge in [0.15, 0.2) is 0 Å². The Morgan fingerprint density at radius 1 is 1.60 bits per heavy atom. The number of carbonyl (C=O) groups is 1. The lowest BCUT2D eigenvalue weighted by atomic mass is 10.1. The number of rotatable bonds is 4. The SMILES string of the molecule is CC(CN)CC(=O)Nc1cccc(O)c1. The smallest absolute Gasteiger partial charge is 0.224 e. The molecule has 1 amide bonds. The molecule has 4 N–H and O–H groups in total. The molecule has 1 aromatic carbocycles. The van der Waals surface area contributed by atoms with Gasteiger partial charge in [-0.1, -0.05) is 13.0 Å². The van der Waals surface area contributed by atoms with Crippen LogP contribution in [0.2, 0.25) is 0 Å². The maximum atomic E-state index is 11.4. The van der Waals surface area contributed by atoms with Gasteiger partial charge >= 0.3 is 0 Å². The zero-order chi connectivity index (χ0) is 11.3. The minimum absolute atomic E-state index is 0.0847. The molecule has 4 nitrogen and oxygen atoms in total. The highest BCUT2D eigenvalue weighted by Crippen LogP contribution is 2.15. The van der Waals surface area contributed by atoms with Gasteiger partial charge < -0.3 is 16.2 Å². The number of phenolic OH excluding ortho intramolecular Hbond substituents is 1. The summed E-state index contributed by atoms with van der Waals surface area (Å²) in [6.07, 6.45) is 0.395. The standard InChI is InChI=1S/C11H16N2O2/c1-8(7-12)5-11(15)13-9-3-2-4-10(14)6-9/h2-4,6,8,14H,5,7,12H2,1H3,(H,13,15). The third-order valence-corrected chi connectivity index (χ3v) is 2.07. The van der Waals surface area contributed by atoms with Crippen LogP contribution in [0.15, 0.2) is 24.3 Å². The third-order valence-electron chi connectivity index (χ3n) is 2.07. The highest BCUT2D eigenvalue weighted by molar-refractivity contribution is 5.90. The van der Waals surface area contributed by atoms with Gasteiger partial charge in [-0.3, -0.25) is 4.79 Å². The molecule has 1 atom stereocenters. The summed E-state index contributed by atoms with van der Waals surface area (Å²) >= 11 is 0. The van der Waals surface area contributed by atoms with Gasteiger partial charge in [0.05, 0.1) is 0 Å². The number of anilines is 1. The number of aromatic hydroxyl groups is 1. The lowest BCUT2D eigenvalue weighted by Crippen LogP contribution is -2.19. The van der Waals surface area contributed by atoms with E-state index in [0.717, 1.165) is 0 Å². The van der Waals surface area contributed by atoms with Crippen molar-refractivity contribution < 1.29 is 9.90 Å². The van der Waals surface area contributed by atoms with Gasteiger partial charge in [-0.25, -0.2) is 0 Å². The molecule has 1 unspecified atom stereocenters. The zero-order valence-corrected chi connectivity index (χ0v) is 8.73. The van der Waals surface area contributed by atoms with Crippen LogP contribution >= 0.6 is 0 Å². The summed E-state index contributed by atoms with van der Waals surface area (Å²) in [6, 6.07) is 6.46. The van der Waals surface area contributed by atoms with E-state index in [1.54, 1.807) is 18.2 Å². The van der Waals surface area contributed by atoms with Crippen LogP contribution in [0.3, 0.4) is 0 Å². The number of nitrogens with one attached hydrogen (secondary N) is 1. The number of hydrogen-bond donors (Lipinski definition) is 3. The second kappa shape index (κ2) is 5.36. The van der Waals surface area contributed by atoms with Gasteiger partial charge in [0.1, 0.15) is 5.75 Å². The maximum Gasteiger partial charge on any atom is 0.224 e. The van der Waals surface area contributed by atoms with Gasteiger partial charge in [-0.05, 0) is 24.6 Å². The number of nitrogens with two attached hydrogens (primary N) is 1. The van der Waals surface area contributed by atoms with E-state index < -0.39 is 0 Å². The number of phenols is 1. The van der Waals surface area contributed by atoms with E-state index in [0.29, 0.717) is 18.7 Å². The predicted molar refractivity (Wildman–Crippen MR) is 59.6 cm³/mol. The highest BCUT2D eigenvalue weighted by atomic mass is 16.3.